The van der Waals surface area contributed by atoms with E-state index >= 15 is 0 Å². The fraction of sp³-hybridized carbons (Fsp3) is 0.333. The fourth-order valence-electron chi connectivity index (χ4n) is 2.75. The third-order valence-corrected chi connectivity index (χ3v) is 5.40. The third kappa shape index (κ3) is 3.75. The molecule has 2 aromatic rings. The molecule has 0 amide bonds. The minimum Gasteiger partial charge on any atom is -0.384 e. The van der Waals surface area contributed by atoms with E-state index in [1.807, 2.05) is 11.8 Å². The van der Waals surface area contributed by atoms with E-state index in [0.717, 1.165) is 25.3 Å². The number of aryl methyl sites for hydroxylation is 1. The van der Waals surface area contributed by atoms with Gasteiger partial charge in [0, 0.05) is 34.7 Å². The van der Waals surface area contributed by atoms with Gasteiger partial charge in [0.1, 0.15) is 0 Å². The third-order valence-electron chi connectivity index (χ3n) is 3.88. The average Bonchev–Trinajstić information content (AvgIpc) is 2.95. The quantitative estimate of drug-likeness (QED) is 0.739. The van der Waals surface area contributed by atoms with Crippen molar-refractivity contribution < 1.29 is 0 Å². The second kappa shape index (κ2) is 7.24. The maximum atomic E-state index is 5.77. The van der Waals surface area contributed by atoms with Crippen LogP contribution in [-0.2, 0) is 6.42 Å². The minimum atomic E-state index is 0.609. The molecule has 1 unspecified atom stereocenters. The maximum absolute atomic E-state index is 5.77. The molecule has 0 spiro atoms. The molecule has 1 heterocycles. The van der Waals surface area contributed by atoms with Crippen molar-refractivity contribution in [1.82, 2.24) is 0 Å². The molecule has 3 heteroatoms. The van der Waals surface area contributed by atoms with Crippen LogP contribution in [0.2, 0.25) is 0 Å². The van der Waals surface area contributed by atoms with Crippen molar-refractivity contribution in [2.24, 2.45) is 0 Å². The minimum absolute atomic E-state index is 0.609. The van der Waals surface area contributed by atoms with Crippen molar-refractivity contribution in [2.45, 2.75) is 23.7 Å². The number of benzene rings is 2. The molecule has 0 saturated heterocycles. The van der Waals surface area contributed by atoms with Crippen LogP contribution in [0.15, 0.2) is 53.4 Å². The summed E-state index contributed by atoms with van der Waals surface area (Å²) in [7, 11) is 0. The van der Waals surface area contributed by atoms with Gasteiger partial charge in [-0.3, -0.25) is 0 Å². The summed E-state index contributed by atoms with van der Waals surface area (Å²) in [6, 6.07) is 17.5. The smallest absolute Gasteiger partial charge is 0.0343 e. The second-order valence-electron chi connectivity index (χ2n) is 5.42. The van der Waals surface area contributed by atoms with Crippen molar-refractivity contribution in [3.05, 3.63) is 59.7 Å². The molecule has 0 saturated carbocycles. The summed E-state index contributed by atoms with van der Waals surface area (Å²) < 4.78 is 0. The largest absolute Gasteiger partial charge is 0.384 e. The number of hydrogen-bond acceptors (Lipinski definition) is 2. The highest BCUT2D eigenvalue weighted by Gasteiger charge is 2.22. The Labute approximate surface area is 136 Å². The van der Waals surface area contributed by atoms with Crippen molar-refractivity contribution in [2.75, 3.05) is 23.5 Å². The average molecular weight is 318 g/mol. The van der Waals surface area contributed by atoms with Crippen LogP contribution in [0.3, 0.4) is 0 Å². The van der Waals surface area contributed by atoms with E-state index in [-0.39, 0.29) is 0 Å². The number of hydrogen-bond donors (Lipinski definition) is 1. The van der Waals surface area contributed by atoms with E-state index in [2.05, 4.69) is 53.8 Å². The number of anilines is 1. The SMILES string of the molecule is ClCCCc1cccc(NCC2CSc3ccccc32)c1. The van der Waals surface area contributed by atoms with E-state index in [1.165, 1.54) is 27.5 Å². The number of rotatable bonds is 6. The topological polar surface area (TPSA) is 12.0 Å². The van der Waals surface area contributed by atoms with Gasteiger partial charge < -0.3 is 5.32 Å². The number of halogens is 1. The summed E-state index contributed by atoms with van der Waals surface area (Å²) in [6.07, 6.45) is 2.10. The van der Waals surface area contributed by atoms with Gasteiger partial charge in [0.05, 0.1) is 0 Å². The molecule has 3 rings (SSSR count). The molecule has 0 aliphatic carbocycles. The lowest BCUT2D eigenvalue weighted by molar-refractivity contribution is 0.818. The zero-order valence-corrected chi connectivity index (χ0v) is 13.6. The van der Waals surface area contributed by atoms with Gasteiger partial charge in [-0.25, -0.2) is 0 Å². The lowest BCUT2D eigenvalue weighted by atomic mass is 10.0. The first kappa shape index (κ1) is 14.8. The molecular formula is C18H20ClNS. The molecule has 1 N–H and O–H groups in total. The maximum Gasteiger partial charge on any atom is 0.0343 e. The van der Waals surface area contributed by atoms with Crippen LogP contribution in [0.4, 0.5) is 5.69 Å². The van der Waals surface area contributed by atoms with Gasteiger partial charge in [-0.1, -0.05) is 30.3 Å². The van der Waals surface area contributed by atoms with E-state index < -0.39 is 0 Å². The summed E-state index contributed by atoms with van der Waals surface area (Å²) >= 11 is 7.74. The highest BCUT2D eigenvalue weighted by molar-refractivity contribution is 7.99. The van der Waals surface area contributed by atoms with E-state index in [0.29, 0.717) is 5.92 Å². The van der Waals surface area contributed by atoms with Gasteiger partial charge in [0.2, 0.25) is 0 Å². The molecule has 0 fully saturated rings. The molecule has 0 aromatic heterocycles. The van der Waals surface area contributed by atoms with Gasteiger partial charge in [-0.2, -0.15) is 0 Å². The molecule has 1 aliphatic heterocycles. The van der Waals surface area contributed by atoms with Crippen molar-refractivity contribution in [3.63, 3.8) is 0 Å². The first-order chi connectivity index (χ1) is 10.4. The summed E-state index contributed by atoms with van der Waals surface area (Å²) in [5.41, 5.74) is 4.08. The lowest BCUT2D eigenvalue weighted by Gasteiger charge is -2.14. The monoisotopic (exact) mass is 317 g/mol. The van der Waals surface area contributed by atoms with E-state index in [1.54, 1.807) is 0 Å². The van der Waals surface area contributed by atoms with Crippen LogP contribution < -0.4 is 5.32 Å². The Morgan fingerprint density at radius 3 is 2.95 bits per heavy atom. The summed E-state index contributed by atoms with van der Waals surface area (Å²) in [5.74, 6) is 2.52. The predicted molar refractivity (Wildman–Crippen MR) is 93.9 cm³/mol. The molecular weight excluding hydrogens is 298 g/mol. The molecule has 2 aromatic carbocycles. The van der Waals surface area contributed by atoms with Crippen LogP contribution in [0.1, 0.15) is 23.5 Å². The molecule has 0 radical (unpaired) electrons. The zero-order valence-electron chi connectivity index (χ0n) is 12.0. The van der Waals surface area contributed by atoms with Crippen molar-refractivity contribution in [1.29, 1.82) is 0 Å². The van der Waals surface area contributed by atoms with Gasteiger partial charge in [0.15, 0.2) is 0 Å². The first-order valence-electron chi connectivity index (χ1n) is 7.47. The first-order valence-corrected chi connectivity index (χ1v) is 8.99. The Balaban J connectivity index is 1.61. The van der Waals surface area contributed by atoms with E-state index in [4.69, 9.17) is 11.6 Å². The Morgan fingerprint density at radius 1 is 1.14 bits per heavy atom. The molecule has 1 nitrogen and oxygen atoms in total. The molecule has 1 aliphatic rings. The Hall–Kier alpha value is -1.12. The van der Waals surface area contributed by atoms with Crippen LogP contribution in [0.5, 0.6) is 0 Å². The fourth-order valence-corrected chi connectivity index (χ4v) is 4.14. The van der Waals surface area contributed by atoms with Gasteiger partial charge in [-0.05, 0) is 42.2 Å². The lowest BCUT2D eigenvalue weighted by Crippen LogP contribution is -2.12. The highest BCUT2D eigenvalue weighted by Crippen LogP contribution is 2.39. The van der Waals surface area contributed by atoms with Gasteiger partial charge in [0.25, 0.3) is 0 Å². The predicted octanol–water partition coefficient (Wildman–Crippen LogP) is 5.16. The summed E-state index contributed by atoms with van der Waals surface area (Å²) in [6.45, 7) is 1.00. The highest BCUT2D eigenvalue weighted by atomic mass is 35.5. The zero-order chi connectivity index (χ0) is 14.5. The van der Waals surface area contributed by atoms with Gasteiger partial charge in [-0.15, -0.1) is 23.4 Å². The van der Waals surface area contributed by atoms with Crippen LogP contribution in [0.25, 0.3) is 0 Å². The summed E-state index contributed by atoms with van der Waals surface area (Å²) in [5, 5.41) is 3.60. The van der Waals surface area contributed by atoms with E-state index in [9.17, 15) is 0 Å². The number of thioether (sulfide) groups is 1. The Kier molecular flexibility index (Phi) is 5.10. The van der Waals surface area contributed by atoms with Crippen LogP contribution >= 0.6 is 23.4 Å². The normalized spacial score (nSPS) is 16.7. The second-order valence-corrected chi connectivity index (χ2v) is 6.86. The summed E-state index contributed by atoms with van der Waals surface area (Å²) in [4.78, 5) is 1.44. The molecule has 1 atom stereocenters. The Bertz CT molecular complexity index is 599. The standard InChI is InChI=1S/C18H20ClNS/c19-10-4-6-14-5-3-7-16(11-14)20-12-15-13-21-18-9-2-1-8-17(15)18/h1-3,5,7-9,11,15,20H,4,6,10,12-13H2. The Morgan fingerprint density at radius 2 is 2.05 bits per heavy atom. The van der Waals surface area contributed by atoms with Crippen LogP contribution in [-0.4, -0.2) is 18.2 Å². The van der Waals surface area contributed by atoms with Crippen molar-refractivity contribution in [3.8, 4) is 0 Å². The number of alkyl halides is 1. The molecule has 0 bridgehead atoms. The number of nitrogens with one attached hydrogen (secondary N) is 1. The van der Waals surface area contributed by atoms with Gasteiger partial charge >= 0.3 is 0 Å². The molecule has 21 heavy (non-hydrogen) atoms. The van der Waals surface area contributed by atoms with Crippen LogP contribution in [0, 0.1) is 0 Å². The number of fused-ring (bicyclic) bond motifs is 1. The molecule has 110 valence electrons. The van der Waals surface area contributed by atoms with Crippen molar-refractivity contribution >= 4 is 29.1 Å².